The van der Waals surface area contributed by atoms with Gasteiger partial charge in [-0.1, -0.05) is 12.1 Å². The number of hydrogen-bond acceptors (Lipinski definition) is 5. The lowest BCUT2D eigenvalue weighted by molar-refractivity contribution is -0.137. The number of aliphatic imine (C=N–C) groups is 1. The van der Waals surface area contributed by atoms with E-state index in [4.69, 9.17) is 4.74 Å². The maximum atomic E-state index is 13.8. The van der Waals surface area contributed by atoms with E-state index in [-0.39, 0.29) is 25.0 Å². The summed E-state index contributed by atoms with van der Waals surface area (Å²) in [6.45, 7) is 5.22. The molecule has 1 heterocycles. The van der Waals surface area contributed by atoms with Crippen molar-refractivity contribution in [3.05, 3.63) is 58.7 Å². The van der Waals surface area contributed by atoms with Gasteiger partial charge in [-0.3, -0.25) is 15.1 Å². The van der Waals surface area contributed by atoms with Crippen molar-refractivity contribution in [2.24, 2.45) is 4.99 Å². The van der Waals surface area contributed by atoms with Gasteiger partial charge in [0.2, 0.25) is 0 Å². The van der Waals surface area contributed by atoms with Gasteiger partial charge >= 0.3 is 18.4 Å². The summed E-state index contributed by atoms with van der Waals surface area (Å²) in [5.41, 5.74) is -3.86. The highest BCUT2D eigenvalue weighted by Crippen LogP contribution is 2.38. The largest absolute Gasteiger partial charge is 0.444 e. The molecule has 0 aromatic heterocycles. The Bertz CT molecular complexity index is 1240. The number of Topliss-reactive ketones (excluding diaryl/α,β-unsaturated/α-hetero) is 1. The number of carbonyl (C=O) groups excluding carboxylic acids is 2. The summed E-state index contributed by atoms with van der Waals surface area (Å²) < 4.78 is 112. The summed E-state index contributed by atoms with van der Waals surface area (Å²) >= 11 is 0. The van der Waals surface area contributed by atoms with Crippen LogP contribution in [0.5, 0.6) is 0 Å². The van der Waals surface area contributed by atoms with E-state index in [0.29, 0.717) is 18.6 Å². The Morgan fingerprint density at radius 3 is 2.07 bits per heavy atom. The van der Waals surface area contributed by atoms with Crippen LogP contribution in [0.4, 0.5) is 39.9 Å². The molecule has 0 spiro atoms. The Kier molecular flexibility index (Phi) is 9.07. The number of ketones is 1. The first kappa shape index (κ1) is 32.2. The molecule has 1 aromatic rings. The fraction of sp³-hybridized carbons (Fsp3) is 0.519. The average molecular weight is 596 g/mol. The van der Waals surface area contributed by atoms with E-state index in [1.165, 1.54) is 0 Å². The minimum Gasteiger partial charge on any atom is -0.444 e. The van der Waals surface area contributed by atoms with Crippen molar-refractivity contribution >= 4 is 17.6 Å². The first-order chi connectivity index (χ1) is 18.6. The number of benzene rings is 1. The zero-order chi connectivity index (χ0) is 31.0. The van der Waals surface area contributed by atoms with Crippen molar-refractivity contribution in [1.29, 1.82) is 0 Å². The Labute approximate surface area is 230 Å². The van der Waals surface area contributed by atoms with Crippen molar-refractivity contribution in [2.75, 3.05) is 0 Å². The van der Waals surface area contributed by atoms with E-state index < -0.39 is 70.7 Å². The molecular weight excluding hydrogens is 566 g/mol. The maximum absolute atomic E-state index is 13.8. The van der Waals surface area contributed by atoms with Crippen LogP contribution in [0, 0.1) is 0 Å². The van der Waals surface area contributed by atoms with Crippen LogP contribution in [0.25, 0.3) is 0 Å². The van der Waals surface area contributed by atoms with E-state index in [0.717, 1.165) is 30.3 Å². The second-order valence-corrected chi connectivity index (χ2v) is 10.9. The summed E-state index contributed by atoms with van der Waals surface area (Å²) in [5.74, 6) is -4.13. The van der Waals surface area contributed by atoms with Crippen LogP contribution in [-0.2, 0) is 22.1 Å². The molecule has 1 aromatic carbocycles. The minimum absolute atomic E-state index is 0.144. The maximum Gasteiger partial charge on any atom is 0.416 e. The second-order valence-electron chi connectivity index (χ2n) is 10.9. The first-order valence-electron chi connectivity index (χ1n) is 12.5. The highest BCUT2D eigenvalue weighted by atomic mass is 19.4. The Morgan fingerprint density at radius 1 is 0.951 bits per heavy atom. The van der Waals surface area contributed by atoms with Gasteiger partial charge in [0.25, 0.3) is 5.92 Å². The van der Waals surface area contributed by atoms with Crippen molar-refractivity contribution in [3.63, 3.8) is 0 Å². The van der Waals surface area contributed by atoms with E-state index in [9.17, 15) is 44.7 Å². The van der Waals surface area contributed by atoms with Gasteiger partial charge in [0.05, 0.1) is 28.9 Å². The van der Waals surface area contributed by atoms with Gasteiger partial charge in [-0.05, 0) is 63.5 Å². The molecule has 1 aliphatic carbocycles. The molecule has 1 aliphatic heterocycles. The van der Waals surface area contributed by atoms with E-state index in [2.05, 4.69) is 15.6 Å². The molecule has 0 radical (unpaired) electrons. The molecule has 6 nitrogen and oxygen atoms in total. The highest BCUT2D eigenvalue weighted by molar-refractivity contribution is 6.05. The summed E-state index contributed by atoms with van der Waals surface area (Å²) in [6, 6.07) is 1.25. The molecule has 0 saturated heterocycles. The fourth-order valence-corrected chi connectivity index (χ4v) is 4.25. The quantitative estimate of drug-likeness (QED) is 0.345. The Morgan fingerprint density at radius 2 is 1.56 bits per heavy atom. The van der Waals surface area contributed by atoms with E-state index in [1.807, 2.05) is 0 Å². The van der Waals surface area contributed by atoms with Crippen molar-refractivity contribution < 1.29 is 49.4 Å². The molecule has 2 N–H and O–H groups in total. The lowest BCUT2D eigenvalue weighted by Gasteiger charge is -2.26. The van der Waals surface area contributed by atoms with Gasteiger partial charge in [-0.2, -0.15) is 26.3 Å². The monoisotopic (exact) mass is 595 g/mol. The SMILES string of the molecule is CC(C)(C)OC(=O)N[C@H](Cc1ccc(C(F)(F)F)cc1)C(=O)CCC1N=C2C=C(C(C)(F)F)C=C(C(F)(F)F)C2N1. The zero-order valence-electron chi connectivity index (χ0n) is 22.5. The number of hydrogen-bond donors (Lipinski definition) is 2. The number of carbonyl (C=O) groups is 2. The Hall–Kier alpha value is -3.29. The number of alkyl halides is 8. The number of nitrogens with zero attached hydrogens (tertiary/aromatic N) is 1. The summed E-state index contributed by atoms with van der Waals surface area (Å²) in [5, 5.41) is 5.01. The normalized spacial score (nSPS) is 20.4. The molecular formula is C27H29F8N3O3. The third kappa shape index (κ3) is 8.85. The van der Waals surface area contributed by atoms with Gasteiger partial charge in [-0.25, -0.2) is 13.6 Å². The van der Waals surface area contributed by atoms with Crippen molar-refractivity contribution in [2.45, 2.75) is 89.1 Å². The molecule has 1 amide bonds. The van der Waals surface area contributed by atoms with Gasteiger partial charge in [-0.15, -0.1) is 0 Å². The van der Waals surface area contributed by atoms with Crippen LogP contribution < -0.4 is 10.6 Å². The van der Waals surface area contributed by atoms with Gasteiger partial charge in [0.15, 0.2) is 5.78 Å². The summed E-state index contributed by atoms with van der Waals surface area (Å²) in [7, 11) is 0. The molecule has 3 rings (SSSR count). The van der Waals surface area contributed by atoms with Crippen LogP contribution in [-0.4, -0.2) is 53.5 Å². The number of halogens is 8. The summed E-state index contributed by atoms with van der Waals surface area (Å²) in [6.07, 6.45) is -10.9. The molecule has 41 heavy (non-hydrogen) atoms. The van der Waals surface area contributed by atoms with Gasteiger partial charge in [0, 0.05) is 18.9 Å². The molecule has 14 heteroatoms. The summed E-state index contributed by atoms with van der Waals surface area (Å²) in [4.78, 5) is 29.6. The number of rotatable bonds is 8. The lowest BCUT2D eigenvalue weighted by Crippen LogP contribution is -2.45. The molecule has 0 bridgehead atoms. The standard InChI is InChI=1S/C27H29F8N3O3/c1-24(2,3)41-23(40)37-18(11-14-5-7-15(8-6-14)26(30,31)32)20(39)9-10-21-36-19-13-16(25(4,28)29)12-17(22(19)38-21)27(33,34)35/h5-8,12-13,18,21-22,38H,9-11H2,1-4H3,(H,37,40)/t18-,21?,22?/m1/s1. The van der Waals surface area contributed by atoms with Gasteiger partial charge < -0.3 is 10.1 Å². The Balaban J connectivity index is 1.76. The predicted octanol–water partition coefficient (Wildman–Crippen LogP) is 6.31. The van der Waals surface area contributed by atoms with Crippen LogP contribution in [0.3, 0.4) is 0 Å². The molecule has 2 aliphatic rings. The molecule has 3 atom stereocenters. The second kappa shape index (κ2) is 11.5. The fourth-order valence-electron chi connectivity index (χ4n) is 4.25. The van der Waals surface area contributed by atoms with Gasteiger partial charge in [0.1, 0.15) is 11.8 Å². The van der Waals surface area contributed by atoms with Crippen molar-refractivity contribution in [3.8, 4) is 0 Å². The average Bonchev–Trinajstić information content (AvgIpc) is 3.21. The number of allylic oxidation sites excluding steroid dienone is 2. The lowest BCUT2D eigenvalue weighted by atomic mass is 9.90. The van der Waals surface area contributed by atoms with Crippen molar-refractivity contribution in [1.82, 2.24) is 10.6 Å². The number of alkyl carbamates (subject to hydrolysis) is 1. The number of amides is 1. The van der Waals surface area contributed by atoms with Crippen LogP contribution in [0.15, 0.2) is 52.6 Å². The molecule has 2 unspecified atom stereocenters. The van der Waals surface area contributed by atoms with E-state index >= 15 is 0 Å². The predicted molar refractivity (Wildman–Crippen MR) is 134 cm³/mol. The molecule has 0 fully saturated rings. The minimum atomic E-state index is -4.92. The topological polar surface area (TPSA) is 79.8 Å². The third-order valence-electron chi connectivity index (χ3n) is 6.18. The van der Waals surface area contributed by atoms with Crippen LogP contribution in [0.1, 0.15) is 51.7 Å². The third-order valence-corrected chi connectivity index (χ3v) is 6.18. The highest BCUT2D eigenvalue weighted by Gasteiger charge is 2.47. The van der Waals surface area contributed by atoms with E-state index in [1.54, 1.807) is 20.8 Å². The molecule has 0 saturated carbocycles. The number of ether oxygens (including phenoxy) is 1. The number of nitrogens with one attached hydrogen (secondary N) is 2. The zero-order valence-corrected chi connectivity index (χ0v) is 22.5. The molecule has 226 valence electrons. The van der Waals surface area contributed by atoms with Crippen LogP contribution >= 0.6 is 0 Å². The van der Waals surface area contributed by atoms with Crippen LogP contribution in [0.2, 0.25) is 0 Å². The smallest absolute Gasteiger partial charge is 0.416 e. The number of fused-ring (bicyclic) bond motifs is 1. The first-order valence-corrected chi connectivity index (χ1v) is 12.5.